The number of phenolic OH excluding ortho intramolecular Hbond substituents is 1. The van der Waals surface area contributed by atoms with Crippen LogP contribution >= 0.6 is 0 Å². The van der Waals surface area contributed by atoms with Crippen LogP contribution in [0.4, 0.5) is 0 Å². The first-order chi connectivity index (χ1) is 7.18. The van der Waals surface area contributed by atoms with Crippen molar-refractivity contribution in [3.63, 3.8) is 0 Å². The van der Waals surface area contributed by atoms with Crippen molar-refractivity contribution >= 4 is 0 Å². The molecule has 1 aromatic heterocycles. The zero-order valence-corrected chi connectivity index (χ0v) is 7.65. The Bertz CT molecular complexity index is 598. The molecule has 1 aromatic carbocycles. The van der Waals surface area contributed by atoms with Crippen LogP contribution in [-0.2, 0) is 0 Å². The molecule has 0 radical (unpaired) electrons. The molecular formula is C10H8N2O3. The van der Waals surface area contributed by atoms with Crippen molar-refractivity contribution in [2.45, 2.75) is 0 Å². The van der Waals surface area contributed by atoms with Crippen LogP contribution in [0, 0.1) is 0 Å². The molecule has 0 spiro atoms. The fraction of sp³-hybridized carbons (Fsp3) is 0. The van der Waals surface area contributed by atoms with Crippen molar-refractivity contribution in [3.8, 4) is 16.9 Å². The second-order valence-corrected chi connectivity index (χ2v) is 3.00. The largest absolute Gasteiger partial charge is 0.507 e. The van der Waals surface area contributed by atoms with Crippen LogP contribution in [0.5, 0.6) is 5.75 Å². The first kappa shape index (κ1) is 9.26. The number of aromatic hydroxyl groups is 1. The molecule has 0 amide bonds. The zero-order valence-electron chi connectivity index (χ0n) is 7.65. The van der Waals surface area contributed by atoms with Gasteiger partial charge in [-0.05, 0) is 6.07 Å². The maximum Gasteiger partial charge on any atom is 0.325 e. The quantitative estimate of drug-likeness (QED) is 0.629. The van der Waals surface area contributed by atoms with Gasteiger partial charge >= 0.3 is 5.69 Å². The van der Waals surface area contributed by atoms with E-state index >= 15 is 0 Å². The number of rotatable bonds is 1. The Morgan fingerprint density at radius 3 is 2.47 bits per heavy atom. The molecule has 0 unspecified atom stereocenters. The maximum absolute atomic E-state index is 11.4. The van der Waals surface area contributed by atoms with Gasteiger partial charge in [-0.3, -0.25) is 9.78 Å². The summed E-state index contributed by atoms with van der Waals surface area (Å²) in [5.41, 5.74) is -0.484. The Morgan fingerprint density at radius 1 is 1.07 bits per heavy atom. The van der Waals surface area contributed by atoms with E-state index in [4.69, 9.17) is 0 Å². The van der Waals surface area contributed by atoms with E-state index < -0.39 is 11.2 Å². The Hall–Kier alpha value is -2.30. The van der Waals surface area contributed by atoms with E-state index in [9.17, 15) is 14.7 Å². The maximum atomic E-state index is 11.4. The van der Waals surface area contributed by atoms with Crippen LogP contribution in [0.15, 0.2) is 40.1 Å². The summed E-state index contributed by atoms with van der Waals surface area (Å²) in [5.74, 6) is -0.00458. The average Bonchev–Trinajstić information content (AvgIpc) is 2.20. The van der Waals surface area contributed by atoms with Crippen molar-refractivity contribution in [2.24, 2.45) is 0 Å². The van der Waals surface area contributed by atoms with Crippen LogP contribution in [0.25, 0.3) is 11.1 Å². The van der Waals surface area contributed by atoms with Crippen LogP contribution < -0.4 is 11.2 Å². The minimum Gasteiger partial charge on any atom is -0.507 e. The molecule has 0 atom stereocenters. The van der Waals surface area contributed by atoms with Gasteiger partial charge in [-0.1, -0.05) is 18.2 Å². The van der Waals surface area contributed by atoms with Gasteiger partial charge in [0.1, 0.15) is 5.75 Å². The summed E-state index contributed by atoms with van der Waals surface area (Å²) in [6.45, 7) is 0. The van der Waals surface area contributed by atoms with Gasteiger partial charge in [0.25, 0.3) is 5.56 Å². The van der Waals surface area contributed by atoms with Gasteiger partial charge < -0.3 is 10.1 Å². The van der Waals surface area contributed by atoms with E-state index in [0.717, 1.165) is 0 Å². The standard InChI is InChI=1S/C10H8N2O3/c13-8-4-2-1-3-6(8)7-5-11-10(15)12-9(7)14/h1-5,13H,(H2,11,12,14,15). The molecule has 15 heavy (non-hydrogen) atoms. The number of aromatic nitrogens is 2. The lowest BCUT2D eigenvalue weighted by Crippen LogP contribution is -2.22. The van der Waals surface area contributed by atoms with Gasteiger partial charge in [0.05, 0.1) is 5.56 Å². The van der Waals surface area contributed by atoms with E-state index in [1.54, 1.807) is 18.2 Å². The SMILES string of the molecule is O=c1[nH]cc(-c2ccccc2O)c(=O)[nH]1. The van der Waals surface area contributed by atoms with Gasteiger partial charge in [0.15, 0.2) is 0 Å². The van der Waals surface area contributed by atoms with Crippen molar-refractivity contribution < 1.29 is 5.11 Å². The second-order valence-electron chi connectivity index (χ2n) is 3.00. The smallest absolute Gasteiger partial charge is 0.325 e. The van der Waals surface area contributed by atoms with Gasteiger partial charge in [-0.2, -0.15) is 0 Å². The zero-order chi connectivity index (χ0) is 10.8. The molecule has 0 fully saturated rings. The van der Waals surface area contributed by atoms with E-state index in [1.165, 1.54) is 12.3 Å². The molecule has 2 aromatic rings. The summed E-state index contributed by atoms with van der Waals surface area (Å²) in [6.07, 6.45) is 1.27. The fourth-order valence-electron chi connectivity index (χ4n) is 1.31. The lowest BCUT2D eigenvalue weighted by molar-refractivity contribution is 0.477. The summed E-state index contributed by atoms with van der Waals surface area (Å²) in [5, 5.41) is 9.51. The topological polar surface area (TPSA) is 85.9 Å². The minimum absolute atomic E-state index is 0.00458. The number of para-hydroxylation sites is 1. The molecule has 5 heteroatoms. The Kier molecular flexibility index (Phi) is 2.13. The molecule has 76 valence electrons. The molecule has 0 saturated heterocycles. The Morgan fingerprint density at radius 2 is 1.80 bits per heavy atom. The molecule has 2 rings (SSSR count). The van der Waals surface area contributed by atoms with Crippen LogP contribution in [0.2, 0.25) is 0 Å². The summed E-state index contributed by atoms with van der Waals surface area (Å²) in [6, 6.07) is 6.41. The predicted octanol–water partition coefficient (Wildman–Crippen LogP) is 0.436. The normalized spacial score (nSPS) is 10.1. The molecule has 0 saturated carbocycles. The lowest BCUT2D eigenvalue weighted by atomic mass is 10.1. The number of H-pyrrole nitrogens is 2. The third kappa shape index (κ3) is 1.67. The number of benzene rings is 1. The molecule has 0 aliphatic heterocycles. The van der Waals surface area contributed by atoms with Crippen molar-refractivity contribution in [3.05, 3.63) is 51.3 Å². The average molecular weight is 204 g/mol. The van der Waals surface area contributed by atoms with Crippen LogP contribution in [0.3, 0.4) is 0 Å². The highest BCUT2D eigenvalue weighted by Crippen LogP contribution is 2.24. The highest BCUT2D eigenvalue weighted by Gasteiger charge is 2.07. The molecule has 0 bridgehead atoms. The molecule has 0 aliphatic rings. The number of nitrogens with one attached hydrogen (secondary N) is 2. The van der Waals surface area contributed by atoms with Gasteiger partial charge in [-0.15, -0.1) is 0 Å². The Balaban J connectivity index is 2.70. The first-order valence-electron chi connectivity index (χ1n) is 4.29. The van der Waals surface area contributed by atoms with Gasteiger partial charge in [0, 0.05) is 11.8 Å². The summed E-state index contributed by atoms with van der Waals surface area (Å²) >= 11 is 0. The fourth-order valence-corrected chi connectivity index (χ4v) is 1.31. The molecular weight excluding hydrogens is 196 g/mol. The molecule has 5 nitrogen and oxygen atoms in total. The second kappa shape index (κ2) is 3.45. The highest BCUT2D eigenvalue weighted by atomic mass is 16.3. The number of aromatic amines is 2. The third-order valence-corrected chi connectivity index (χ3v) is 2.01. The van der Waals surface area contributed by atoms with E-state index in [1.807, 2.05) is 0 Å². The predicted molar refractivity (Wildman–Crippen MR) is 54.8 cm³/mol. The molecule has 1 heterocycles. The minimum atomic E-state index is -0.570. The highest BCUT2D eigenvalue weighted by molar-refractivity contribution is 5.68. The first-order valence-corrected chi connectivity index (χ1v) is 4.29. The van der Waals surface area contributed by atoms with Gasteiger partial charge in [-0.25, -0.2) is 4.79 Å². The van der Waals surface area contributed by atoms with Crippen molar-refractivity contribution in [2.75, 3.05) is 0 Å². The summed E-state index contributed by atoms with van der Waals surface area (Å²) in [4.78, 5) is 26.6. The Labute approximate surface area is 84.0 Å². The third-order valence-electron chi connectivity index (χ3n) is 2.01. The van der Waals surface area contributed by atoms with E-state index in [-0.39, 0.29) is 11.3 Å². The molecule has 3 N–H and O–H groups in total. The van der Waals surface area contributed by atoms with E-state index in [0.29, 0.717) is 5.56 Å². The number of phenols is 1. The summed E-state index contributed by atoms with van der Waals surface area (Å²) < 4.78 is 0. The van der Waals surface area contributed by atoms with Crippen LogP contribution in [0.1, 0.15) is 0 Å². The van der Waals surface area contributed by atoms with E-state index in [2.05, 4.69) is 9.97 Å². The molecule has 0 aliphatic carbocycles. The summed E-state index contributed by atoms with van der Waals surface area (Å²) in [7, 11) is 0. The number of hydrogen-bond acceptors (Lipinski definition) is 3. The van der Waals surface area contributed by atoms with Crippen LogP contribution in [-0.4, -0.2) is 15.1 Å². The van der Waals surface area contributed by atoms with Gasteiger partial charge in [0.2, 0.25) is 0 Å². The lowest BCUT2D eigenvalue weighted by Gasteiger charge is -2.01. The van der Waals surface area contributed by atoms with Crippen molar-refractivity contribution in [1.82, 2.24) is 9.97 Å². The number of hydrogen-bond donors (Lipinski definition) is 3. The van der Waals surface area contributed by atoms with Crippen molar-refractivity contribution in [1.29, 1.82) is 0 Å². The monoisotopic (exact) mass is 204 g/mol.